The van der Waals surface area contributed by atoms with Crippen LogP contribution in [0.2, 0.25) is 0 Å². The van der Waals surface area contributed by atoms with Gasteiger partial charge in [0.2, 0.25) is 5.91 Å². The quantitative estimate of drug-likeness (QED) is 0.848. The number of hydrogen-bond acceptors (Lipinski definition) is 4. The monoisotopic (exact) mass is 293 g/mol. The maximum atomic E-state index is 12.4. The number of carbonyl (C=O) groups is 1. The molecule has 0 aromatic carbocycles. The molecule has 1 aliphatic rings. The van der Waals surface area contributed by atoms with Gasteiger partial charge in [0.1, 0.15) is 5.82 Å². The van der Waals surface area contributed by atoms with E-state index in [2.05, 4.69) is 16.8 Å². The molecule has 0 unspecified atom stereocenters. The maximum absolute atomic E-state index is 12.4. The molecular formula is C15H23N3OS. The van der Waals surface area contributed by atoms with Gasteiger partial charge in [0.15, 0.2) is 0 Å². The van der Waals surface area contributed by atoms with E-state index < -0.39 is 0 Å². The van der Waals surface area contributed by atoms with Crippen LogP contribution in [-0.4, -0.2) is 34.1 Å². The molecular weight excluding hydrogens is 270 g/mol. The zero-order valence-electron chi connectivity index (χ0n) is 12.0. The van der Waals surface area contributed by atoms with E-state index in [-0.39, 0.29) is 5.91 Å². The molecule has 20 heavy (non-hydrogen) atoms. The van der Waals surface area contributed by atoms with Crippen molar-refractivity contribution in [3.63, 3.8) is 0 Å². The average molecular weight is 293 g/mol. The van der Waals surface area contributed by atoms with Gasteiger partial charge in [-0.2, -0.15) is 0 Å². The molecule has 0 atom stereocenters. The fraction of sp³-hybridized carbons (Fsp3) is 0.600. The Kier molecular flexibility index (Phi) is 5.71. The van der Waals surface area contributed by atoms with Gasteiger partial charge in [0.25, 0.3) is 0 Å². The standard InChI is InChI=1S/C15H23N3OS/c1-2-18(12-6-4-3-5-7-12)15(19)11-20-13-8-9-14(16)17-10-13/h8-10,12H,2-7,11H2,1H3,(H2,16,17). The molecule has 2 N–H and O–H groups in total. The smallest absolute Gasteiger partial charge is 0.233 e. The van der Waals surface area contributed by atoms with Crippen molar-refractivity contribution in [1.29, 1.82) is 0 Å². The number of aromatic nitrogens is 1. The zero-order chi connectivity index (χ0) is 14.4. The van der Waals surface area contributed by atoms with Gasteiger partial charge in [-0.1, -0.05) is 19.3 Å². The number of nitrogens with zero attached hydrogens (tertiary/aromatic N) is 2. The van der Waals surface area contributed by atoms with Crippen LogP contribution in [-0.2, 0) is 4.79 Å². The van der Waals surface area contributed by atoms with Gasteiger partial charge < -0.3 is 10.6 Å². The van der Waals surface area contributed by atoms with Gasteiger partial charge in [-0.25, -0.2) is 4.98 Å². The Morgan fingerprint density at radius 3 is 2.75 bits per heavy atom. The van der Waals surface area contributed by atoms with Gasteiger partial charge in [0.05, 0.1) is 5.75 Å². The third-order valence-electron chi connectivity index (χ3n) is 3.80. The molecule has 0 radical (unpaired) electrons. The van der Waals surface area contributed by atoms with Crippen LogP contribution >= 0.6 is 11.8 Å². The summed E-state index contributed by atoms with van der Waals surface area (Å²) < 4.78 is 0. The first-order chi connectivity index (χ1) is 9.70. The van der Waals surface area contributed by atoms with E-state index >= 15 is 0 Å². The molecule has 1 heterocycles. The summed E-state index contributed by atoms with van der Waals surface area (Å²) in [7, 11) is 0. The summed E-state index contributed by atoms with van der Waals surface area (Å²) in [5, 5.41) is 0. The summed E-state index contributed by atoms with van der Waals surface area (Å²) in [6.07, 6.45) is 7.87. The van der Waals surface area contributed by atoms with Crippen LogP contribution in [0.25, 0.3) is 0 Å². The van der Waals surface area contributed by atoms with Crippen molar-refractivity contribution in [1.82, 2.24) is 9.88 Å². The Hall–Kier alpha value is -1.23. The minimum absolute atomic E-state index is 0.237. The van der Waals surface area contributed by atoms with Crippen molar-refractivity contribution in [3.05, 3.63) is 18.3 Å². The highest BCUT2D eigenvalue weighted by Crippen LogP contribution is 2.24. The van der Waals surface area contributed by atoms with Gasteiger partial charge in [0, 0.05) is 23.7 Å². The Morgan fingerprint density at radius 1 is 1.40 bits per heavy atom. The average Bonchev–Trinajstić information content (AvgIpc) is 2.48. The lowest BCUT2D eigenvalue weighted by Gasteiger charge is -2.33. The van der Waals surface area contributed by atoms with Crippen molar-refractivity contribution in [3.8, 4) is 0 Å². The fourth-order valence-corrected chi connectivity index (χ4v) is 3.48. The maximum Gasteiger partial charge on any atom is 0.233 e. The fourth-order valence-electron chi connectivity index (χ4n) is 2.74. The number of carbonyl (C=O) groups excluding carboxylic acids is 1. The van der Waals surface area contributed by atoms with Crippen LogP contribution in [0.4, 0.5) is 5.82 Å². The third kappa shape index (κ3) is 4.13. The minimum atomic E-state index is 0.237. The highest BCUT2D eigenvalue weighted by molar-refractivity contribution is 8.00. The van der Waals surface area contributed by atoms with E-state index in [1.54, 1.807) is 12.3 Å². The summed E-state index contributed by atoms with van der Waals surface area (Å²) in [6.45, 7) is 2.88. The molecule has 4 nitrogen and oxygen atoms in total. The van der Waals surface area contributed by atoms with Gasteiger partial charge in [-0.05, 0) is 31.9 Å². The molecule has 110 valence electrons. The summed E-state index contributed by atoms with van der Waals surface area (Å²) in [5.41, 5.74) is 5.55. The van der Waals surface area contributed by atoms with Crippen LogP contribution in [0.5, 0.6) is 0 Å². The Balaban J connectivity index is 1.87. The SMILES string of the molecule is CCN(C(=O)CSc1ccc(N)nc1)C1CCCCC1. The molecule has 5 heteroatoms. The molecule has 2 rings (SSSR count). The molecule has 1 aromatic rings. The van der Waals surface area contributed by atoms with E-state index in [4.69, 9.17) is 5.73 Å². The van der Waals surface area contributed by atoms with Crippen LogP contribution in [0.15, 0.2) is 23.2 Å². The molecule has 1 fully saturated rings. The highest BCUT2D eigenvalue weighted by atomic mass is 32.2. The van der Waals surface area contributed by atoms with Crippen molar-refractivity contribution in [2.75, 3.05) is 18.0 Å². The summed E-state index contributed by atoms with van der Waals surface area (Å²) in [5.74, 6) is 1.23. The van der Waals surface area contributed by atoms with Crippen molar-refractivity contribution in [2.45, 2.75) is 50.0 Å². The van der Waals surface area contributed by atoms with Gasteiger partial charge >= 0.3 is 0 Å². The molecule has 0 spiro atoms. The number of nitrogens with two attached hydrogens (primary N) is 1. The second kappa shape index (κ2) is 7.53. The summed E-state index contributed by atoms with van der Waals surface area (Å²) in [6, 6.07) is 4.13. The zero-order valence-corrected chi connectivity index (χ0v) is 12.9. The van der Waals surface area contributed by atoms with E-state index in [1.807, 2.05) is 6.07 Å². The van der Waals surface area contributed by atoms with E-state index in [0.29, 0.717) is 17.6 Å². The van der Waals surface area contributed by atoms with Crippen LogP contribution in [0, 0.1) is 0 Å². The lowest BCUT2D eigenvalue weighted by atomic mass is 9.94. The first kappa shape index (κ1) is 15.2. The normalized spacial score (nSPS) is 16.1. The molecule has 1 aromatic heterocycles. The molecule has 0 bridgehead atoms. The number of anilines is 1. The molecule has 0 saturated heterocycles. The molecule has 1 saturated carbocycles. The van der Waals surface area contributed by atoms with Crippen molar-refractivity contribution < 1.29 is 4.79 Å². The Morgan fingerprint density at radius 2 is 2.15 bits per heavy atom. The number of rotatable bonds is 5. The number of nitrogen functional groups attached to an aromatic ring is 1. The first-order valence-corrected chi connectivity index (χ1v) is 8.33. The molecule has 1 amide bonds. The molecule has 1 aliphatic carbocycles. The number of thioether (sulfide) groups is 1. The molecule has 0 aliphatic heterocycles. The summed E-state index contributed by atoms with van der Waals surface area (Å²) in [4.78, 5) is 19.5. The van der Waals surface area contributed by atoms with Gasteiger partial charge in [-0.3, -0.25) is 4.79 Å². The predicted octanol–water partition coefficient (Wildman–Crippen LogP) is 2.94. The predicted molar refractivity (Wildman–Crippen MR) is 83.6 cm³/mol. The lowest BCUT2D eigenvalue weighted by Crippen LogP contribution is -2.42. The highest BCUT2D eigenvalue weighted by Gasteiger charge is 2.23. The van der Waals surface area contributed by atoms with E-state index in [1.165, 1.54) is 31.0 Å². The van der Waals surface area contributed by atoms with Crippen LogP contribution in [0.1, 0.15) is 39.0 Å². The van der Waals surface area contributed by atoms with Crippen LogP contribution < -0.4 is 5.73 Å². The topological polar surface area (TPSA) is 59.2 Å². The minimum Gasteiger partial charge on any atom is -0.384 e. The second-order valence-corrected chi connectivity index (χ2v) is 6.23. The van der Waals surface area contributed by atoms with E-state index in [0.717, 1.165) is 24.3 Å². The Bertz CT molecular complexity index is 429. The van der Waals surface area contributed by atoms with Gasteiger partial charge in [-0.15, -0.1) is 11.8 Å². The second-order valence-electron chi connectivity index (χ2n) is 5.18. The number of hydrogen-bond donors (Lipinski definition) is 1. The van der Waals surface area contributed by atoms with Crippen molar-refractivity contribution in [2.24, 2.45) is 0 Å². The van der Waals surface area contributed by atoms with Crippen LogP contribution in [0.3, 0.4) is 0 Å². The number of amides is 1. The lowest BCUT2D eigenvalue weighted by molar-refractivity contribution is -0.131. The first-order valence-electron chi connectivity index (χ1n) is 7.34. The third-order valence-corrected chi connectivity index (χ3v) is 4.76. The van der Waals surface area contributed by atoms with Crippen molar-refractivity contribution >= 4 is 23.5 Å². The summed E-state index contributed by atoms with van der Waals surface area (Å²) >= 11 is 1.54. The largest absolute Gasteiger partial charge is 0.384 e. The Labute approximate surface area is 125 Å². The number of pyridine rings is 1. The van der Waals surface area contributed by atoms with E-state index in [9.17, 15) is 4.79 Å².